The van der Waals surface area contributed by atoms with Gasteiger partial charge < -0.3 is 10.4 Å². The fraction of sp³-hybridized carbons (Fsp3) is 0.636. The van der Waals surface area contributed by atoms with Crippen LogP contribution in [0.2, 0.25) is 0 Å². The Labute approximate surface area is 95.5 Å². The van der Waals surface area contributed by atoms with Gasteiger partial charge in [-0.2, -0.15) is 5.10 Å². The molecule has 5 nitrogen and oxygen atoms in total. The summed E-state index contributed by atoms with van der Waals surface area (Å²) in [5, 5.41) is 15.8. The molecular weight excluding hydrogens is 206 g/mol. The van der Waals surface area contributed by atoms with Crippen molar-refractivity contribution in [3.63, 3.8) is 0 Å². The first kappa shape index (κ1) is 12.7. The van der Waals surface area contributed by atoms with Crippen LogP contribution in [0, 0.1) is 5.92 Å². The lowest BCUT2D eigenvalue weighted by molar-refractivity contribution is 0.0911. The van der Waals surface area contributed by atoms with Gasteiger partial charge in [0.15, 0.2) is 0 Å². The molecular formula is C11H19N3O2. The first-order valence-electron chi connectivity index (χ1n) is 5.46. The smallest absolute Gasteiger partial charge is 0.272 e. The van der Waals surface area contributed by atoms with E-state index in [-0.39, 0.29) is 18.6 Å². The van der Waals surface area contributed by atoms with Gasteiger partial charge in [0.1, 0.15) is 5.69 Å². The number of aliphatic hydroxyl groups excluding tert-OH is 1. The van der Waals surface area contributed by atoms with E-state index in [0.29, 0.717) is 18.0 Å². The first-order valence-corrected chi connectivity index (χ1v) is 5.46. The van der Waals surface area contributed by atoms with Gasteiger partial charge in [-0.1, -0.05) is 13.8 Å². The van der Waals surface area contributed by atoms with Crippen LogP contribution in [0.3, 0.4) is 0 Å². The Kier molecular flexibility index (Phi) is 4.49. The zero-order valence-corrected chi connectivity index (χ0v) is 9.97. The zero-order chi connectivity index (χ0) is 12.1. The minimum Gasteiger partial charge on any atom is -0.396 e. The molecule has 2 N–H and O–H groups in total. The monoisotopic (exact) mass is 225 g/mol. The summed E-state index contributed by atoms with van der Waals surface area (Å²) in [5.41, 5.74) is 0.408. The van der Waals surface area contributed by atoms with E-state index in [1.165, 1.54) is 0 Å². The number of nitrogens with zero attached hydrogens (tertiary/aromatic N) is 2. The van der Waals surface area contributed by atoms with Crippen LogP contribution < -0.4 is 5.32 Å². The van der Waals surface area contributed by atoms with Crippen molar-refractivity contribution in [1.29, 1.82) is 0 Å². The molecule has 1 heterocycles. The zero-order valence-electron chi connectivity index (χ0n) is 9.97. The molecule has 0 saturated carbocycles. The summed E-state index contributed by atoms with van der Waals surface area (Å²) >= 11 is 0. The Bertz CT molecular complexity index is 347. The van der Waals surface area contributed by atoms with Gasteiger partial charge in [-0.3, -0.25) is 9.48 Å². The van der Waals surface area contributed by atoms with Crippen LogP contribution in [0.15, 0.2) is 12.3 Å². The van der Waals surface area contributed by atoms with E-state index < -0.39 is 0 Å². The quantitative estimate of drug-likeness (QED) is 0.769. The standard InChI is InChI=1S/C11H19N3O2/c1-8(2)9(5-7-15)12-11(16)10-4-6-14(3)13-10/h4,6,8-9,15H,5,7H2,1-3H3,(H,12,16). The highest BCUT2D eigenvalue weighted by Crippen LogP contribution is 2.06. The molecule has 0 aliphatic heterocycles. The number of amides is 1. The second-order valence-corrected chi connectivity index (χ2v) is 4.21. The lowest BCUT2D eigenvalue weighted by Crippen LogP contribution is -2.39. The highest BCUT2D eigenvalue weighted by Gasteiger charge is 2.17. The number of hydrogen-bond acceptors (Lipinski definition) is 3. The first-order chi connectivity index (χ1) is 7.54. The molecule has 0 saturated heterocycles. The Morgan fingerprint density at radius 3 is 2.75 bits per heavy atom. The number of carbonyl (C=O) groups excluding carboxylic acids is 1. The van der Waals surface area contributed by atoms with Crippen molar-refractivity contribution in [3.05, 3.63) is 18.0 Å². The molecule has 0 aliphatic rings. The predicted octanol–water partition coefficient (Wildman–Crippen LogP) is 0.557. The maximum atomic E-state index is 11.8. The Morgan fingerprint density at radius 1 is 1.62 bits per heavy atom. The van der Waals surface area contributed by atoms with E-state index in [1.807, 2.05) is 13.8 Å². The summed E-state index contributed by atoms with van der Waals surface area (Å²) in [4.78, 5) is 11.8. The Morgan fingerprint density at radius 2 is 2.31 bits per heavy atom. The molecule has 1 aromatic heterocycles. The largest absolute Gasteiger partial charge is 0.396 e. The van der Waals surface area contributed by atoms with Crippen LogP contribution >= 0.6 is 0 Å². The second-order valence-electron chi connectivity index (χ2n) is 4.21. The van der Waals surface area contributed by atoms with Crippen molar-refractivity contribution in [2.24, 2.45) is 13.0 Å². The van der Waals surface area contributed by atoms with Crippen molar-refractivity contribution >= 4 is 5.91 Å². The molecule has 0 aliphatic carbocycles. The lowest BCUT2D eigenvalue weighted by atomic mass is 10.0. The average molecular weight is 225 g/mol. The summed E-state index contributed by atoms with van der Waals surface area (Å²) < 4.78 is 1.59. The molecule has 1 amide bonds. The molecule has 1 rings (SSSR count). The number of nitrogens with one attached hydrogen (secondary N) is 1. The minimum atomic E-state index is -0.187. The lowest BCUT2D eigenvalue weighted by Gasteiger charge is -2.20. The topological polar surface area (TPSA) is 67.2 Å². The van der Waals surface area contributed by atoms with Crippen molar-refractivity contribution < 1.29 is 9.90 Å². The normalized spacial score (nSPS) is 12.8. The molecule has 1 atom stereocenters. The van der Waals surface area contributed by atoms with Crippen LogP contribution in [0.5, 0.6) is 0 Å². The number of aliphatic hydroxyl groups is 1. The van der Waals surface area contributed by atoms with E-state index >= 15 is 0 Å². The molecule has 0 aromatic carbocycles. The van der Waals surface area contributed by atoms with Crippen molar-refractivity contribution in [3.8, 4) is 0 Å². The summed E-state index contributed by atoms with van der Waals surface area (Å²) in [7, 11) is 1.77. The Hall–Kier alpha value is -1.36. The predicted molar refractivity (Wildman–Crippen MR) is 61.0 cm³/mol. The van der Waals surface area contributed by atoms with Gasteiger partial charge in [0.2, 0.25) is 0 Å². The third kappa shape index (κ3) is 3.34. The maximum absolute atomic E-state index is 11.8. The van der Waals surface area contributed by atoms with Crippen LogP contribution in [-0.4, -0.2) is 33.4 Å². The van der Waals surface area contributed by atoms with Crippen molar-refractivity contribution in [2.75, 3.05) is 6.61 Å². The SMILES string of the molecule is CC(C)C(CCO)NC(=O)c1ccn(C)n1. The summed E-state index contributed by atoms with van der Waals surface area (Å²) in [6.45, 7) is 4.10. The van der Waals surface area contributed by atoms with E-state index in [2.05, 4.69) is 10.4 Å². The minimum absolute atomic E-state index is 0.0143. The van der Waals surface area contributed by atoms with E-state index in [4.69, 9.17) is 5.11 Å². The summed E-state index contributed by atoms with van der Waals surface area (Å²) in [6.07, 6.45) is 2.29. The van der Waals surface area contributed by atoms with Gasteiger partial charge in [-0.25, -0.2) is 0 Å². The number of carbonyl (C=O) groups is 1. The van der Waals surface area contributed by atoms with E-state index in [0.717, 1.165) is 0 Å². The summed E-state index contributed by atoms with van der Waals surface area (Å²) in [5.74, 6) is 0.104. The molecule has 0 bridgehead atoms. The van der Waals surface area contributed by atoms with Crippen LogP contribution in [0.4, 0.5) is 0 Å². The van der Waals surface area contributed by atoms with Gasteiger partial charge in [0.25, 0.3) is 5.91 Å². The molecule has 0 spiro atoms. The average Bonchev–Trinajstić information content (AvgIpc) is 2.64. The third-order valence-electron chi connectivity index (χ3n) is 2.51. The molecule has 1 aromatic rings. The van der Waals surface area contributed by atoms with Gasteiger partial charge in [-0.05, 0) is 18.4 Å². The van der Waals surface area contributed by atoms with Crippen LogP contribution in [0.25, 0.3) is 0 Å². The van der Waals surface area contributed by atoms with Gasteiger partial charge >= 0.3 is 0 Å². The molecule has 1 unspecified atom stereocenters. The summed E-state index contributed by atoms with van der Waals surface area (Å²) in [6, 6.07) is 1.66. The molecule has 5 heteroatoms. The van der Waals surface area contributed by atoms with E-state index in [1.54, 1.807) is 24.0 Å². The van der Waals surface area contributed by atoms with E-state index in [9.17, 15) is 4.79 Å². The maximum Gasteiger partial charge on any atom is 0.272 e. The van der Waals surface area contributed by atoms with Gasteiger partial charge in [-0.15, -0.1) is 0 Å². The second kappa shape index (κ2) is 5.65. The number of aromatic nitrogens is 2. The Balaban J connectivity index is 2.61. The molecule has 0 fully saturated rings. The fourth-order valence-corrected chi connectivity index (χ4v) is 1.49. The molecule has 90 valence electrons. The fourth-order valence-electron chi connectivity index (χ4n) is 1.49. The highest BCUT2D eigenvalue weighted by molar-refractivity contribution is 5.92. The molecule has 16 heavy (non-hydrogen) atoms. The number of aryl methyl sites for hydroxylation is 1. The number of hydrogen-bond donors (Lipinski definition) is 2. The highest BCUT2D eigenvalue weighted by atomic mass is 16.3. The number of rotatable bonds is 5. The van der Waals surface area contributed by atoms with Crippen molar-refractivity contribution in [1.82, 2.24) is 15.1 Å². The van der Waals surface area contributed by atoms with Gasteiger partial charge in [0.05, 0.1) is 0 Å². The molecule has 0 radical (unpaired) electrons. The van der Waals surface area contributed by atoms with Crippen LogP contribution in [0.1, 0.15) is 30.8 Å². The third-order valence-corrected chi connectivity index (χ3v) is 2.51. The van der Waals surface area contributed by atoms with Crippen LogP contribution in [-0.2, 0) is 7.05 Å². The van der Waals surface area contributed by atoms with Crippen molar-refractivity contribution in [2.45, 2.75) is 26.3 Å². The van der Waals surface area contributed by atoms with Gasteiger partial charge in [0, 0.05) is 25.9 Å².